The lowest BCUT2D eigenvalue weighted by atomic mass is 9.87. The van der Waals surface area contributed by atoms with Crippen molar-refractivity contribution in [3.63, 3.8) is 0 Å². The van der Waals surface area contributed by atoms with Crippen molar-refractivity contribution in [2.75, 3.05) is 6.26 Å². The maximum absolute atomic E-state index is 10.9. The number of benzene rings is 13. The van der Waals surface area contributed by atoms with Crippen LogP contribution < -0.4 is 4.74 Å². The van der Waals surface area contributed by atoms with E-state index in [1.54, 1.807) is 24.3 Å². The van der Waals surface area contributed by atoms with Crippen molar-refractivity contribution in [2.24, 2.45) is 0 Å². The highest BCUT2D eigenvalue weighted by atomic mass is 32.2. The summed E-state index contributed by atoms with van der Waals surface area (Å²) in [5.74, 6) is 1.76. The Bertz CT molecular complexity index is 4390. The summed E-state index contributed by atoms with van der Waals surface area (Å²) in [6, 6.07) is 109. The lowest BCUT2D eigenvalue weighted by Crippen LogP contribution is -2.10. The van der Waals surface area contributed by atoms with E-state index < -0.39 is 9.84 Å². The molecular weight excluding hydrogens is 1150 g/mol. The minimum absolute atomic E-state index is 0.285. The monoisotopic (exact) mass is 1240 g/mol. The average molecular weight is 1240 g/mol. The fourth-order valence-electron chi connectivity index (χ4n) is 9.43. The normalized spacial score (nSPS) is 10.3. The van der Waals surface area contributed by atoms with Gasteiger partial charge in [-0.2, -0.15) is 0 Å². The van der Waals surface area contributed by atoms with Gasteiger partial charge in [0.2, 0.25) is 0 Å². The molecule has 13 rings (SSSR count). The van der Waals surface area contributed by atoms with Crippen LogP contribution in [-0.2, 0) is 15.3 Å². The Morgan fingerprint density at radius 1 is 0.333 bits per heavy atom. The van der Waals surface area contributed by atoms with Crippen molar-refractivity contribution < 1.29 is 13.2 Å². The molecule has 0 atom stereocenters. The largest absolute Gasteiger partial charge is 0.457 e. The summed E-state index contributed by atoms with van der Waals surface area (Å²) in [4.78, 5) is 0.378. The maximum Gasteiger partial charge on any atom is 0.175 e. The third kappa shape index (κ3) is 25.9. The summed E-state index contributed by atoms with van der Waals surface area (Å²) in [5.41, 5.74) is 18.3. The van der Waals surface area contributed by atoms with Gasteiger partial charge >= 0.3 is 0 Å². The van der Waals surface area contributed by atoms with Crippen molar-refractivity contribution in [2.45, 2.75) is 86.5 Å². The van der Waals surface area contributed by atoms with Crippen LogP contribution in [0.1, 0.15) is 76.4 Å². The highest BCUT2D eigenvalue weighted by molar-refractivity contribution is 7.90. The molecule has 0 N–H and O–H groups in total. The van der Waals surface area contributed by atoms with E-state index in [4.69, 9.17) is 4.74 Å². The molecule has 0 bridgehead atoms. The Hall–Kier alpha value is -10.1. The fraction of sp³-hybridized carbons (Fsp3) is 0.146. The van der Waals surface area contributed by atoms with Crippen LogP contribution in [0.25, 0.3) is 49.9 Å². The fourth-order valence-corrected chi connectivity index (χ4v) is 10.1. The minimum atomic E-state index is -3.02. The predicted molar refractivity (Wildman–Crippen MR) is 404 cm³/mol. The molecule has 0 aliphatic rings. The van der Waals surface area contributed by atoms with E-state index in [-0.39, 0.29) is 5.41 Å². The van der Waals surface area contributed by atoms with Crippen LogP contribution in [0.15, 0.2) is 333 Å². The first-order valence-corrected chi connectivity index (χ1v) is 33.5. The van der Waals surface area contributed by atoms with Gasteiger partial charge in [-0.25, -0.2) is 8.42 Å². The molecule has 0 saturated heterocycles. The highest BCUT2D eigenvalue weighted by Crippen LogP contribution is 2.25. The summed E-state index contributed by atoms with van der Waals surface area (Å²) in [6.45, 7) is 27.0. The van der Waals surface area contributed by atoms with Crippen molar-refractivity contribution >= 4 is 37.5 Å². The van der Waals surface area contributed by atoms with E-state index in [2.05, 4.69) is 312 Å². The smallest absolute Gasteiger partial charge is 0.175 e. The van der Waals surface area contributed by atoms with E-state index in [9.17, 15) is 8.42 Å². The minimum Gasteiger partial charge on any atom is -0.457 e. The van der Waals surface area contributed by atoms with E-state index in [1.165, 1.54) is 100 Å². The number of ether oxygens (including phenoxy) is 1. The Kier molecular flexibility index (Phi) is 28.8. The molecule has 0 heterocycles. The number of fused-ring (bicyclic) bond motifs is 2. The molecule has 0 unspecified atom stereocenters. The Labute approximate surface area is 557 Å². The number of hydrogen-bond acceptors (Lipinski definition) is 3. The van der Waals surface area contributed by atoms with Gasteiger partial charge in [0.1, 0.15) is 11.5 Å². The standard InChI is InChI=1S/C13H12O.2C13H12.2C11H10.C11H16.C9H10.C8H10O2S/c1-11-6-5-9-13(10-11)14-12-7-3-2-4-8-12;1-11-7-5-6-10-13(11)12-8-3-2-4-9-12;1-11-7-9-13(10-8-11)12-5-3-2-4-6-12;1-9-5-4-7-10-6-2-3-8-11(9)10;1-9-6-7-10-4-2-3-5-11(10)8-9;1-9-5-7-10(8-6-9)11(2,3)4;1-3-9-6-4-8(2)5-7-9;1-7-3-5-8(6-4-7)11(2,9)10/h2-10H,1H3;2*2-10H,1H3;2*2-8H,1H3;5-8H,1-4H3;3-7H,1H2,2H3;3-6H,1-2H3. The molecule has 0 aliphatic heterocycles. The summed E-state index contributed by atoms with van der Waals surface area (Å²) in [5, 5.41) is 5.33. The first-order chi connectivity index (χ1) is 44.6. The van der Waals surface area contributed by atoms with Gasteiger partial charge < -0.3 is 4.74 Å². The molecule has 0 aromatic heterocycles. The van der Waals surface area contributed by atoms with E-state index >= 15 is 0 Å². The number of para-hydroxylation sites is 1. The van der Waals surface area contributed by atoms with Gasteiger partial charge in [0.05, 0.1) is 4.90 Å². The molecule has 13 aromatic rings. The Balaban J connectivity index is 0.000000169. The molecule has 0 saturated carbocycles. The molecule has 0 aliphatic carbocycles. The molecule has 4 heteroatoms. The zero-order valence-corrected chi connectivity index (χ0v) is 57.3. The molecule has 3 nitrogen and oxygen atoms in total. The van der Waals surface area contributed by atoms with Crippen LogP contribution in [0.4, 0.5) is 0 Å². The SMILES string of the molecule is C=Cc1ccc(C)cc1.Cc1ccc(-c2ccccc2)cc1.Cc1ccc(C(C)(C)C)cc1.Cc1ccc(S(C)(=O)=O)cc1.Cc1ccc2ccccc2c1.Cc1cccc(Oc2ccccc2)c1.Cc1cccc2ccccc12.Cc1ccccc1-c1ccccc1. The van der Waals surface area contributed by atoms with Gasteiger partial charge in [0.25, 0.3) is 0 Å². The zero-order valence-electron chi connectivity index (χ0n) is 56.5. The molecule has 93 heavy (non-hydrogen) atoms. The number of rotatable bonds is 6. The third-order valence-corrected chi connectivity index (χ3v) is 16.1. The molecule has 472 valence electrons. The molecule has 13 aromatic carbocycles. The van der Waals surface area contributed by atoms with Crippen LogP contribution in [0.3, 0.4) is 0 Å². The van der Waals surface area contributed by atoms with Gasteiger partial charge in [-0.15, -0.1) is 0 Å². The molecular formula is C89H92O3S. The van der Waals surface area contributed by atoms with Crippen LogP contribution in [0, 0.1) is 55.4 Å². The predicted octanol–water partition coefficient (Wildman–Crippen LogP) is 24.7. The maximum atomic E-state index is 10.9. The number of sulfone groups is 1. The van der Waals surface area contributed by atoms with Crippen molar-refractivity contribution in [1.29, 1.82) is 0 Å². The summed E-state index contributed by atoms with van der Waals surface area (Å²) in [7, 11) is -3.02. The number of hydrogen-bond donors (Lipinski definition) is 0. The Morgan fingerprint density at radius 2 is 0.742 bits per heavy atom. The zero-order chi connectivity index (χ0) is 67.0. The van der Waals surface area contributed by atoms with E-state index in [1.807, 2.05) is 73.7 Å². The average Bonchev–Trinajstić information content (AvgIpc) is 2.27. The van der Waals surface area contributed by atoms with E-state index in [0.29, 0.717) is 4.90 Å². The van der Waals surface area contributed by atoms with Crippen molar-refractivity contribution in [3.8, 4) is 33.8 Å². The van der Waals surface area contributed by atoms with Gasteiger partial charge in [-0.05, 0) is 169 Å². The van der Waals surface area contributed by atoms with Crippen LogP contribution in [0.2, 0.25) is 0 Å². The Morgan fingerprint density at radius 3 is 1.28 bits per heavy atom. The molecule has 0 fully saturated rings. The summed E-state index contributed by atoms with van der Waals surface area (Å²) < 4.78 is 27.5. The topological polar surface area (TPSA) is 43.4 Å². The van der Waals surface area contributed by atoms with E-state index in [0.717, 1.165) is 17.1 Å². The second kappa shape index (κ2) is 37.3. The highest BCUT2D eigenvalue weighted by Gasteiger charge is 2.12. The second-order valence-electron chi connectivity index (χ2n) is 24.1. The summed E-state index contributed by atoms with van der Waals surface area (Å²) >= 11 is 0. The van der Waals surface area contributed by atoms with Crippen molar-refractivity contribution in [1.82, 2.24) is 0 Å². The lowest BCUT2D eigenvalue weighted by molar-refractivity contribution is 0.482. The van der Waals surface area contributed by atoms with Crippen LogP contribution in [0.5, 0.6) is 11.5 Å². The first kappa shape index (κ1) is 71.9. The van der Waals surface area contributed by atoms with Crippen LogP contribution >= 0.6 is 0 Å². The lowest BCUT2D eigenvalue weighted by Gasteiger charge is -2.18. The van der Waals surface area contributed by atoms with Gasteiger partial charge in [-0.3, -0.25) is 0 Å². The molecule has 0 amide bonds. The molecule has 0 spiro atoms. The first-order valence-electron chi connectivity index (χ1n) is 31.6. The van der Waals surface area contributed by atoms with Gasteiger partial charge in [0.15, 0.2) is 9.84 Å². The quantitative estimate of drug-likeness (QED) is 0.167. The second-order valence-corrected chi connectivity index (χ2v) is 26.1. The van der Waals surface area contributed by atoms with Gasteiger partial charge in [0, 0.05) is 6.26 Å². The number of aryl methyl sites for hydroxylation is 8. The molecule has 0 radical (unpaired) electrons. The van der Waals surface area contributed by atoms with Gasteiger partial charge in [-0.1, -0.05) is 346 Å². The third-order valence-electron chi connectivity index (χ3n) is 14.9. The van der Waals surface area contributed by atoms with Crippen molar-refractivity contribution in [3.05, 3.63) is 384 Å². The summed E-state index contributed by atoms with van der Waals surface area (Å²) in [6.07, 6.45) is 3.05. The van der Waals surface area contributed by atoms with Crippen LogP contribution in [-0.4, -0.2) is 14.7 Å².